The SMILES string of the molecule is O=C(NCC1CCCO1)c1cccc(NC(=O)C2CCCC2)c1. The maximum atomic E-state index is 12.2. The van der Waals surface area contributed by atoms with E-state index in [1.165, 1.54) is 0 Å². The number of amides is 2. The molecular weight excluding hydrogens is 292 g/mol. The zero-order valence-electron chi connectivity index (χ0n) is 13.3. The summed E-state index contributed by atoms with van der Waals surface area (Å²) in [5.41, 5.74) is 1.25. The molecule has 23 heavy (non-hydrogen) atoms. The second-order valence-electron chi connectivity index (χ2n) is 6.40. The molecule has 0 aromatic heterocycles. The lowest BCUT2D eigenvalue weighted by Crippen LogP contribution is -2.31. The molecule has 0 spiro atoms. The largest absolute Gasteiger partial charge is 0.376 e. The van der Waals surface area contributed by atoms with Crippen LogP contribution < -0.4 is 10.6 Å². The number of hydrogen-bond donors (Lipinski definition) is 2. The molecule has 2 fully saturated rings. The summed E-state index contributed by atoms with van der Waals surface area (Å²) >= 11 is 0. The number of carbonyl (C=O) groups is 2. The van der Waals surface area contributed by atoms with E-state index in [9.17, 15) is 9.59 Å². The van der Waals surface area contributed by atoms with Crippen molar-refractivity contribution in [3.8, 4) is 0 Å². The standard InChI is InChI=1S/C18H24N2O3/c21-17(19-12-16-9-4-10-23-16)14-7-3-8-15(11-14)20-18(22)13-5-1-2-6-13/h3,7-8,11,13,16H,1-2,4-6,9-10,12H2,(H,19,21)(H,20,22). The molecule has 1 saturated heterocycles. The molecule has 1 aliphatic heterocycles. The summed E-state index contributed by atoms with van der Waals surface area (Å²) in [6.45, 7) is 1.32. The summed E-state index contributed by atoms with van der Waals surface area (Å²) in [6, 6.07) is 7.11. The number of carbonyl (C=O) groups excluding carboxylic acids is 2. The fraction of sp³-hybridized carbons (Fsp3) is 0.556. The molecule has 5 nitrogen and oxygen atoms in total. The summed E-state index contributed by atoms with van der Waals surface area (Å²) in [7, 11) is 0. The topological polar surface area (TPSA) is 67.4 Å². The van der Waals surface area contributed by atoms with E-state index in [1.807, 2.05) is 6.07 Å². The Balaban J connectivity index is 1.55. The van der Waals surface area contributed by atoms with Gasteiger partial charge >= 0.3 is 0 Å². The summed E-state index contributed by atoms with van der Waals surface area (Å²) < 4.78 is 5.50. The maximum absolute atomic E-state index is 12.2. The van der Waals surface area contributed by atoms with Crippen molar-refractivity contribution in [2.45, 2.75) is 44.6 Å². The zero-order valence-corrected chi connectivity index (χ0v) is 13.3. The zero-order chi connectivity index (χ0) is 16.1. The summed E-state index contributed by atoms with van der Waals surface area (Å²) in [6.07, 6.45) is 6.37. The molecule has 3 rings (SSSR count). The molecule has 1 heterocycles. The third-order valence-electron chi connectivity index (χ3n) is 4.63. The second kappa shape index (κ2) is 7.59. The molecule has 1 saturated carbocycles. The molecule has 1 unspecified atom stereocenters. The van der Waals surface area contributed by atoms with E-state index >= 15 is 0 Å². The lowest BCUT2D eigenvalue weighted by molar-refractivity contribution is -0.119. The highest BCUT2D eigenvalue weighted by atomic mass is 16.5. The molecule has 124 valence electrons. The smallest absolute Gasteiger partial charge is 0.251 e. The molecule has 2 aliphatic rings. The highest BCUT2D eigenvalue weighted by Crippen LogP contribution is 2.26. The lowest BCUT2D eigenvalue weighted by Gasteiger charge is -2.13. The number of nitrogens with one attached hydrogen (secondary N) is 2. The first-order valence-electron chi connectivity index (χ1n) is 8.53. The van der Waals surface area contributed by atoms with Crippen molar-refractivity contribution in [3.63, 3.8) is 0 Å². The van der Waals surface area contributed by atoms with Crippen LogP contribution in [0.5, 0.6) is 0 Å². The van der Waals surface area contributed by atoms with Gasteiger partial charge in [0.1, 0.15) is 0 Å². The highest BCUT2D eigenvalue weighted by Gasteiger charge is 2.23. The average molecular weight is 316 g/mol. The predicted molar refractivity (Wildman–Crippen MR) is 88.3 cm³/mol. The fourth-order valence-corrected chi connectivity index (χ4v) is 3.28. The first-order valence-corrected chi connectivity index (χ1v) is 8.53. The Morgan fingerprint density at radius 2 is 1.96 bits per heavy atom. The quantitative estimate of drug-likeness (QED) is 0.877. The van der Waals surface area contributed by atoms with E-state index in [2.05, 4.69) is 10.6 Å². The summed E-state index contributed by atoms with van der Waals surface area (Å²) in [4.78, 5) is 24.4. The van der Waals surface area contributed by atoms with Crippen molar-refractivity contribution in [1.29, 1.82) is 0 Å². The van der Waals surface area contributed by atoms with E-state index in [0.29, 0.717) is 17.8 Å². The summed E-state index contributed by atoms with van der Waals surface area (Å²) in [5.74, 6) is 0.0591. The van der Waals surface area contributed by atoms with Crippen LogP contribution in [0.2, 0.25) is 0 Å². The molecular formula is C18H24N2O3. The van der Waals surface area contributed by atoms with E-state index in [0.717, 1.165) is 45.1 Å². The Morgan fingerprint density at radius 3 is 2.70 bits per heavy atom. The lowest BCUT2D eigenvalue weighted by atomic mass is 10.1. The Labute approximate surface area is 136 Å². The van der Waals surface area contributed by atoms with Crippen LogP contribution in [-0.2, 0) is 9.53 Å². The fourth-order valence-electron chi connectivity index (χ4n) is 3.28. The van der Waals surface area contributed by atoms with Gasteiger partial charge in [-0.25, -0.2) is 0 Å². The van der Waals surface area contributed by atoms with E-state index in [4.69, 9.17) is 4.74 Å². The maximum Gasteiger partial charge on any atom is 0.251 e. The molecule has 1 aliphatic carbocycles. The van der Waals surface area contributed by atoms with Gasteiger partial charge in [-0.15, -0.1) is 0 Å². The van der Waals surface area contributed by atoms with Gasteiger partial charge in [-0.3, -0.25) is 9.59 Å². The van der Waals surface area contributed by atoms with E-state index in [1.54, 1.807) is 18.2 Å². The van der Waals surface area contributed by atoms with Gasteiger partial charge in [0.2, 0.25) is 5.91 Å². The number of ether oxygens (including phenoxy) is 1. The average Bonchev–Trinajstić information content (AvgIpc) is 3.26. The Kier molecular flexibility index (Phi) is 5.28. The minimum atomic E-state index is -0.127. The first kappa shape index (κ1) is 16.0. The molecule has 1 aromatic carbocycles. The minimum Gasteiger partial charge on any atom is -0.376 e. The minimum absolute atomic E-state index is 0.0689. The molecule has 2 amide bonds. The van der Waals surface area contributed by atoms with Crippen LogP contribution in [-0.4, -0.2) is 31.1 Å². The van der Waals surface area contributed by atoms with Gasteiger partial charge < -0.3 is 15.4 Å². The number of rotatable bonds is 5. The van der Waals surface area contributed by atoms with Crippen molar-refractivity contribution < 1.29 is 14.3 Å². The van der Waals surface area contributed by atoms with Crippen LogP contribution in [0, 0.1) is 5.92 Å². The third kappa shape index (κ3) is 4.32. The van der Waals surface area contributed by atoms with E-state index in [-0.39, 0.29) is 23.8 Å². The van der Waals surface area contributed by atoms with Crippen LogP contribution in [0.25, 0.3) is 0 Å². The van der Waals surface area contributed by atoms with Crippen LogP contribution >= 0.6 is 0 Å². The van der Waals surface area contributed by atoms with Crippen molar-refractivity contribution in [3.05, 3.63) is 29.8 Å². The van der Waals surface area contributed by atoms with Crippen LogP contribution in [0.3, 0.4) is 0 Å². The van der Waals surface area contributed by atoms with Gasteiger partial charge in [0, 0.05) is 30.3 Å². The van der Waals surface area contributed by atoms with Gasteiger partial charge in [0.15, 0.2) is 0 Å². The van der Waals surface area contributed by atoms with Gasteiger partial charge in [0.05, 0.1) is 6.10 Å². The highest BCUT2D eigenvalue weighted by molar-refractivity contribution is 5.97. The Hall–Kier alpha value is -1.88. The Morgan fingerprint density at radius 1 is 1.13 bits per heavy atom. The number of benzene rings is 1. The molecule has 2 N–H and O–H groups in total. The van der Waals surface area contributed by atoms with Gasteiger partial charge in [-0.05, 0) is 43.9 Å². The monoisotopic (exact) mass is 316 g/mol. The summed E-state index contributed by atoms with van der Waals surface area (Å²) in [5, 5.41) is 5.83. The molecule has 1 atom stereocenters. The van der Waals surface area contributed by atoms with Crippen molar-refractivity contribution in [2.75, 3.05) is 18.5 Å². The number of anilines is 1. The normalized spacial score (nSPS) is 21.3. The van der Waals surface area contributed by atoms with Crippen molar-refractivity contribution in [1.82, 2.24) is 5.32 Å². The third-order valence-corrected chi connectivity index (χ3v) is 4.63. The molecule has 1 aromatic rings. The van der Waals surface area contributed by atoms with Crippen LogP contribution in [0.1, 0.15) is 48.9 Å². The van der Waals surface area contributed by atoms with E-state index < -0.39 is 0 Å². The number of hydrogen-bond acceptors (Lipinski definition) is 3. The van der Waals surface area contributed by atoms with Crippen LogP contribution in [0.4, 0.5) is 5.69 Å². The molecule has 5 heteroatoms. The molecule has 0 radical (unpaired) electrons. The first-order chi connectivity index (χ1) is 11.2. The van der Waals surface area contributed by atoms with Crippen molar-refractivity contribution in [2.24, 2.45) is 5.92 Å². The predicted octanol–water partition coefficient (Wildman–Crippen LogP) is 2.72. The van der Waals surface area contributed by atoms with Gasteiger partial charge in [0.25, 0.3) is 5.91 Å². The van der Waals surface area contributed by atoms with Crippen LogP contribution in [0.15, 0.2) is 24.3 Å². The van der Waals surface area contributed by atoms with Gasteiger partial charge in [-0.1, -0.05) is 18.9 Å². The van der Waals surface area contributed by atoms with Crippen molar-refractivity contribution >= 4 is 17.5 Å². The van der Waals surface area contributed by atoms with Gasteiger partial charge in [-0.2, -0.15) is 0 Å². The second-order valence-corrected chi connectivity index (χ2v) is 6.40. The Bertz CT molecular complexity index is 561. The molecule has 0 bridgehead atoms.